The number of nitrogens with zero attached hydrogens (tertiary/aromatic N) is 1. The van der Waals surface area contributed by atoms with Gasteiger partial charge in [-0.15, -0.1) is 11.3 Å². The average molecular weight is 476 g/mol. The minimum atomic E-state index is -0.504. The molecule has 3 amide bonds. The van der Waals surface area contributed by atoms with Crippen molar-refractivity contribution >= 4 is 68.4 Å². The fourth-order valence-corrected chi connectivity index (χ4v) is 6.30. The summed E-state index contributed by atoms with van der Waals surface area (Å²) in [5.74, 6) is -0.314. The molecule has 0 atom stereocenters. The van der Waals surface area contributed by atoms with Crippen LogP contribution in [0.1, 0.15) is 52.2 Å². The van der Waals surface area contributed by atoms with Gasteiger partial charge in [0.1, 0.15) is 15.1 Å². The molecule has 0 aromatic carbocycles. The van der Waals surface area contributed by atoms with Crippen molar-refractivity contribution in [1.29, 1.82) is 0 Å². The molecule has 0 unspecified atom stereocenters. The number of furan rings is 1. The highest BCUT2D eigenvalue weighted by Crippen LogP contribution is 2.38. The summed E-state index contributed by atoms with van der Waals surface area (Å²) in [5, 5.41) is 3.39. The number of thiophene rings is 1. The van der Waals surface area contributed by atoms with E-state index in [1.165, 1.54) is 28.0 Å². The lowest BCUT2D eigenvalue weighted by Gasteiger charge is -2.14. The number of hydrogen-bond donors (Lipinski definition) is 2. The number of amides is 3. The van der Waals surface area contributed by atoms with Crippen LogP contribution >= 0.6 is 35.3 Å². The van der Waals surface area contributed by atoms with E-state index in [0.29, 0.717) is 38.5 Å². The number of nitrogens with one attached hydrogen (secondary N) is 1. The number of primary amides is 1. The predicted octanol–water partition coefficient (Wildman–Crippen LogP) is 3.94. The van der Waals surface area contributed by atoms with E-state index in [1.807, 2.05) is 0 Å². The molecule has 2 aromatic heterocycles. The number of thioether (sulfide) groups is 1. The number of thiocarbonyl (C=S) groups is 1. The fraction of sp³-hybridized carbons (Fsp3) is 0.333. The molecule has 162 valence electrons. The summed E-state index contributed by atoms with van der Waals surface area (Å²) in [6, 6.07) is 3.51. The second-order valence-corrected chi connectivity index (χ2v) is 10.1. The van der Waals surface area contributed by atoms with Crippen LogP contribution in [-0.4, -0.2) is 33.5 Å². The van der Waals surface area contributed by atoms with Crippen molar-refractivity contribution in [2.75, 3.05) is 11.9 Å². The third kappa shape index (κ3) is 4.76. The highest BCUT2D eigenvalue weighted by Gasteiger charge is 2.32. The maximum Gasteiger partial charge on any atom is 0.266 e. The van der Waals surface area contributed by atoms with Crippen LogP contribution in [0.3, 0.4) is 0 Å². The third-order valence-corrected chi connectivity index (χ3v) is 7.73. The summed E-state index contributed by atoms with van der Waals surface area (Å²) in [6.45, 7) is 0.344. The molecule has 7 nitrogen and oxygen atoms in total. The largest absolute Gasteiger partial charge is 0.465 e. The zero-order chi connectivity index (χ0) is 22.0. The van der Waals surface area contributed by atoms with Crippen LogP contribution in [0.15, 0.2) is 27.7 Å². The van der Waals surface area contributed by atoms with Crippen LogP contribution in [0.2, 0.25) is 0 Å². The molecular weight excluding hydrogens is 454 g/mol. The molecule has 10 heteroatoms. The molecule has 0 saturated carbocycles. The monoisotopic (exact) mass is 475 g/mol. The van der Waals surface area contributed by atoms with E-state index in [9.17, 15) is 14.4 Å². The summed E-state index contributed by atoms with van der Waals surface area (Å²) in [5.41, 5.74) is 7.02. The van der Waals surface area contributed by atoms with Crippen LogP contribution in [0.25, 0.3) is 6.08 Å². The van der Waals surface area contributed by atoms with Gasteiger partial charge in [-0.25, -0.2) is 0 Å². The van der Waals surface area contributed by atoms with Gasteiger partial charge in [0.2, 0.25) is 5.91 Å². The van der Waals surface area contributed by atoms with E-state index in [-0.39, 0.29) is 18.2 Å². The Morgan fingerprint density at radius 1 is 1.32 bits per heavy atom. The second-order valence-electron chi connectivity index (χ2n) is 7.28. The van der Waals surface area contributed by atoms with E-state index < -0.39 is 5.91 Å². The van der Waals surface area contributed by atoms with Crippen LogP contribution in [0, 0.1) is 0 Å². The van der Waals surface area contributed by atoms with Crippen LogP contribution in [0.5, 0.6) is 0 Å². The van der Waals surface area contributed by atoms with Gasteiger partial charge in [-0.3, -0.25) is 19.3 Å². The van der Waals surface area contributed by atoms with E-state index in [0.717, 1.165) is 36.1 Å². The van der Waals surface area contributed by atoms with Crippen molar-refractivity contribution < 1.29 is 18.8 Å². The van der Waals surface area contributed by atoms with Gasteiger partial charge in [-0.05, 0) is 49.8 Å². The second kappa shape index (κ2) is 9.37. The van der Waals surface area contributed by atoms with Crippen LogP contribution in [0.4, 0.5) is 5.00 Å². The number of hydrogen-bond acceptors (Lipinski definition) is 7. The first-order chi connectivity index (χ1) is 14.9. The van der Waals surface area contributed by atoms with Crippen LogP contribution < -0.4 is 11.1 Å². The number of nitrogens with two attached hydrogens (primary N) is 1. The Morgan fingerprint density at radius 3 is 2.87 bits per heavy atom. The molecule has 1 fully saturated rings. The molecule has 4 rings (SSSR count). The van der Waals surface area contributed by atoms with E-state index in [2.05, 4.69) is 5.32 Å². The number of carbonyl (C=O) groups is 3. The predicted molar refractivity (Wildman–Crippen MR) is 126 cm³/mol. The summed E-state index contributed by atoms with van der Waals surface area (Å²) in [6.07, 6.45) is 7.69. The van der Waals surface area contributed by atoms with Gasteiger partial charge >= 0.3 is 0 Å². The summed E-state index contributed by atoms with van der Waals surface area (Å²) < 4.78 is 5.71. The van der Waals surface area contributed by atoms with Crippen molar-refractivity contribution in [1.82, 2.24) is 4.90 Å². The molecule has 3 N–H and O–H groups in total. The Morgan fingerprint density at radius 2 is 2.13 bits per heavy atom. The minimum Gasteiger partial charge on any atom is -0.465 e. The Labute approximate surface area is 193 Å². The van der Waals surface area contributed by atoms with Crippen molar-refractivity contribution in [2.45, 2.75) is 38.5 Å². The highest BCUT2D eigenvalue weighted by molar-refractivity contribution is 8.26. The number of fused-ring (bicyclic) bond motifs is 1. The maximum absolute atomic E-state index is 12.6. The number of carbonyl (C=O) groups excluding carboxylic acids is 3. The van der Waals surface area contributed by atoms with Gasteiger partial charge in [0.15, 0.2) is 0 Å². The first-order valence-electron chi connectivity index (χ1n) is 9.97. The van der Waals surface area contributed by atoms with E-state index in [4.69, 9.17) is 22.4 Å². The summed E-state index contributed by atoms with van der Waals surface area (Å²) in [7, 11) is 0. The van der Waals surface area contributed by atoms with Gasteiger partial charge in [0.25, 0.3) is 11.8 Å². The Balaban J connectivity index is 1.34. The normalized spacial score (nSPS) is 17.3. The fourth-order valence-electron chi connectivity index (χ4n) is 3.70. The number of anilines is 1. The summed E-state index contributed by atoms with van der Waals surface area (Å²) >= 11 is 7.98. The van der Waals surface area contributed by atoms with Gasteiger partial charge in [0, 0.05) is 23.9 Å². The van der Waals surface area contributed by atoms with Gasteiger partial charge < -0.3 is 15.5 Å². The first-order valence-corrected chi connectivity index (χ1v) is 12.0. The molecule has 2 aromatic rings. The Kier molecular flexibility index (Phi) is 6.59. The molecule has 0 spiro atoms. The van der Waals surface area contributed by atoms with Gasteiger partial charge in [-0.2, -0.15) is 0 Å². The molecule has 1 aliphatic heterocycles. The van der Waals surface area contributed by atoms with Crippen molar-refractivity contribution in [3.63, 3.8) is 0 Å². The average Bonchev–Trinajstić information content (AvgIpc) is 3.42. The van der Waals surface area contributed by atoms with Crippen LogP contribution in [-0.2, 0) is 22.4 Å². The molecule has 3 heterocycles. The summed E-state index contributed by atoms with van der Waals surface area (Å²) in [4.78, 5) is 40.2. The van der Waals surface area contributed by atoms with Crippen molar-refractivity contribution in [2.24, 2.45) is 5.73 Å². The number of rotatable bonds is 7. The lowest BCUT2D eigenvalue weighted by Crippen LogP contribution is -2.29. The van der Waals surface area contributed by atoms with Gasteiger partial charge in [-0.1, -0.05) is 24.0 Å². The molecule has 2 aliphatic rings. The highest BCUT2D eigenvalue weighted by atomic mass is 32.2. The molecule has 0 bridgehead atoms. The molecule has 31 heavy (non-hydrogen) atoms. The van der Waals surface area contributed by atoms with E-state index in [1.54, 1.807) is 24.5 Å². The molecule has 0 radical (unpaired) electrons. The number of aryl methyl sites for hydroxylation is 1. The maximum atomic E-state index is 12.6. The molecule has 1 aliphatic carbocycles. The van der Waals surface area contributed by atoms with E-state index >= 15 is 0 Å². The zero-order valence-corrected chi connectivity index (χ0v) is 19.1. The van der Waals surface area contributed by atoms with Crippen molar-refractivity contribution in [3.05, 3.63) is 45.1 Å². The lowest BCUT2D eigenvalue weighted by molar-refractivity contribution is -0.122. The molecule has 1 saturated heterocycles. The molecular formula is C21H21N3O4S3. The first kappa shape index (κ1) is 21.8. The zero-order valence-electron chi connectivity index (χ0n) is 16.6. The van der Waals surface area contributed by atoms with Crippen molar-refractivity contribution in [3.8, 4) is 0 Å². The standard InChI is InChI=1S/C21H21N3O4S3/c22-18(26)17-13-6-1-2-7-14(13)30-19(17)23-16(25)8-3-9-24-20(27)15(31-21(24)29)11-12-5-4-10-28-12/h4-5,10-11H,1-3,6-9H2,(H2,22,26)(H,23,25)/b15-11+. The minimum absolute atomic E-state index is 0.186. The van der Waals surface area contributed by atoms with Gasteiger partial charge in [0.05, 0.1) is 16.7 Å². The quantitative estimate of drug-likeness (QED) is 0.464. The lowest BCUT2D eigenvalue weighted by atomic mass is 9.95. The Bertz CT molecular complexity index is 1070. The SMILES string of the molecule is NC(=O)c1c(NC(=O)CCCN2C(=O)/C(=C\c3ccco3)SC2=S)sc2c1CCCC2. The Hall–Kier alpha value is -2.43. The third-order valence-electron chi connectivity index (χ3n) is 5.15. The smallest absolute Gasteiger partial charge is 0.266 e. The topological polar surface area (TPSA) is 106 Å².